The van der Waals surface area contributed by atoms with E-state index in [1.807, 2.05) is 0 Å². The van der Waals surface area contributed by atoms with Gasteiger partial charge >= 0.3 is 0 Å². The van der Waals surface area contributed by atoms with Crippen molar-refractivity contribution in [2.75, 3.05) is 7.05 Å². The Balaban J connectivity index is 2.28. The number of nitrogens with one attached hydrogen (secondary N) is 1. The van der Waals surface area contributed by atoms with E-state index in [4.69, 9.17) is 5.84 Å². The van der Waals surface area contributed by atoms with E-state index in [1.165, 1.54) is 32.1 Å². The highest BCUT2D eigenvalue weighted by Crippen LogP contribution is 2.26. The zero-order chi connectivity index (χ0) is 8.81. The van der Waals surface area contributed by atoms with Crippen molar-refractivity contribution in [3.05, 3.63) is 0 Å². The van der Waals surface area contributed by atoms with Crippen LogP contribution in [0.4, 0.5) is 0 Å². The van der Waals surface area contributed by atoms with Crippen LogP contribution < -0.4 is 11.3 Å². The number of aliphatic imine (C=N–C) groups is 1. The first-order valence-electron chi connectivity index (χ1n) is 4.79. The minimum atomic E-state index is 0.813. The average Bonchev–Trinajstić information content (AvgIpc) is 2.16. The van der Waals surface area contributed by atoms with Crippen LogP contribution in [0.1, 0.15) is 38.5 Å². The zero-order valence-corrected chi connectivity index (χ0v) is 7.84. The number of rotatable bonds is 2. The number of hydrazine groups is 1. The van der Waals surface area contributed by atoms with Crippen molar-refractivity contribution in [3.8, 4) is 0 Å². The summed E-state index contributed by atoms with van der Waals surface area (Å²) >= 11 is 0. The molecule has 0 aromatic carbocycles. The van der Waals surface area contributed by atoms with Gasteiger partial charge < -0.3 is 5.43 Å². The minimum Gasteiger partial charge on any atom is -0.312 e. The Morgan fingerprint density at radius 1 is 1.42 bits per heavy atom. The molecular formula is C9H19N3. The summed E-state index contributed by atoms with van der Waals surface area (Å²) in [6, 6.07) is 0. The average molecular weight is 169 g/mol. The van der Waals surface area contributed by atoms with E-state index in [9.17, 15) is 0 Å². The standard InChI is InChI=1S/C9H19N3/c1-11-9(12-10)7-8-5-3-2-4-6-8/h8H,2-7,10H2,1H3,(H,11,12). The van der Waals surface area contributed by atoms with Crippen LogP contribution in [0.25, 0.3) is 0 Å². The molecule has 0 spiro atoms. The number of nitrogens with zero attached hydrogens (tertiary/aromatic N) is 1. The molecule has 0 aliphatic heterocycles. The fraction of sp³-hybridized carbons (Fsp3) is 0.889. The first-order chi connectivity index (χ1) is 5.86. The van der Waals surface area contributed by atoms with E-state index in [-0.39, 0.29) is 0 Å². The molecule has 0 amide bonds. The molecule has 0 unspecified atom stereocenters. The van der Waals surface area contributed by atoms with E-state index >= 15 is 0 Å². The normalized spacial score (nSPS) is 21.0. The minimum absolute atomic E-state index is 0.813. The molecule has 0 aromatic rings. The summed E-state index contributed by atoms with van der Waals surface area (Å²) in [7, 11) is 1.79. The molecule has 0 bridgehead atoms. The first-order valence-corrected chi connectivity index (χ1v) is 4.79. The lowest BCUT2D eigenvalue weighted by molar-refractivity contribution is 0.366. The van der Waals surface area contributed by atoms with Gasteiger partial charge in [-0.25, -0.2) is 5.84 Å². The molecule has 3 nitrogen and oxygen atoms in total. The summed E-state index contributed by atoms with van der Waals surface area (Å²) in [5.41, 5.74) is 2.65. The van der Waals surface area contributed by atoms with E-state index in [0.29, 0.717) is 0 Å². The Hall–Kier alpha value is -0.570. The van der Waals surface area contributed by atoms with E-state index < -0.39 is 0 Å². The van der Waals surface area contributed by atoms with Crippen LogP contribution in [0.15, 0.2) is 4.99 Å². The molecule has 0 heterocycles. The van der Waals surface area contributed by atoms with Crippen molar-refractivity contribution < 1.29 is 0 Å². The lowest BCUT2D eigenvalue weighted by Gasteiger charge is -2.21. The Kier molecular flexibility index (Phi) is 4.08. The highest BCUT2D eigenvalue weighted by atomic mass is 15.2. The van der Waals surface area contributed by atoms with Gasteiger partial charge in [-0.3, -0.25) is 4.99 Å². The van der Waals surface area contributed by atoms with Crippen LogP contribution in [-0.4, -0.2) is 12.9 Å². The Labute approximate surface area is 74.4 Å². The van der Waals surface area contributed by atoms with E-state index in [0.717, 1.165) is 18.2 Å². The molecule has 0 atom stereocenters. The van der Waals surface area contributed by atoms with Crippen molar-refractivity contribution in [1.82, 2.24) is 5.43 Å². The van der Waals surface area contributed by atoms with Crippen LogP contribution in [-0.2, 0) is 0 Å². The molecule has 1 saturated carbocycles. The fourth-order valence-corrected chi connectivity index (χ4v) is 1.88. The van der Waals surface area contributed by atoms with Crippen LogP contribution in [0.2, 0.25) is 0 Å². The molecular weight excluding hydrogens is 150 g/mol. The van der Waals surface area contributed by atoms with Gasteiger partial charge in [0.25, 0.3) is 0 Å². The second-order valence-electron chi connectivity index (χ2n) is 3.52. The Morgan fingerprint density at radius 3 is 2.58 bits per heavy atom. The van der Waals surface area contributed by atoms with Crippen molar-refractivity contribution in [3.63, 3.8) is 0 Å². The van der Waals surface area contributed by atoms with Crippen LogP contribution >= 0.6 is 0 Å². The molecule has 12 heavy (non-hydrogen) atoms. The zero-order valence-electron chi connectivity index (χ0n) is 7.84. The maximum Gasteiger partial charge on any atom is 0.110 e. The van der Waals surface area contributed by atoms with Crippen molar-refractivity contribution in [2.24, 2.45) is 16.8 Å². The first kappa shape index (κ1) is 9.52. The lowest BCUT2D eigenvalue weighted by atomic mass is 9.87. The fourth-order valence-electron chi connectivity index (χ4n) is 1.88. The maximum absolute atomic E-state index is 5.32. The third-order valence-electron chi connectivity index (χ3n) is 2.64. The number of amidine groups is 1. The molecule has 3 N–H and O–H groups in total. The number of hydrogen-bond acceptors (Lipinski definition) is 2. The topological polar surface area (TPSA) is 50.4 Å². The molecule has 0 saturated heterocycles. The highest BCUT2D eigenvalue weighted by Gasteiger charge is 2.14. The highest BCUT2D eigenvalue weighted by molar-refractivity contribution is 5.81. The molecule has 1 aliphatic rings. The van der Waals surface area contributed by atoms with Gasteiger partial charge in [-0.05, 0) is 5.92 Å². The van der Waals surface area contributed by atoms with Gasteiger partial charge in [0.1, 0.15) is 5.84 Å². The number of hydrogen-bond donors (Lipinski definition) is 2. The van der Waals surface area contributed by atoms with Gasteiger partial charge in [0.15, 0.2) is 0 Å². The molecule has 0 aromatic heterocycles. The summed E-state index contributed by atoms with van der Waals surface area (Å²) in [5, 5.41) is 0. The summed E-state index contributed by atoms with van der Waals surface area (Å²) in [6.45, 7) is 0. The molecule has 1 aliphatic carbocycles. The van der Waals surface area contributed by atoms with Gasteiger partial charge in [0, 0.05) is 13.5 Å². The summed E-state index contributed by atoms with van der Waals surface area (Å²) in [6.07, 6.45) is 7.90. The maximum atomic E-state index is 5.32. The second-order valence-corrected chi connectivity index (χ2v) is 3.52. The van der Waals surface area contributed by atoms with Gasteiger partial charge in [-0.15, -0.1) is 0 Å². The lowest BCUT2D eigenvalue weighted by Crippen LogP contribution is -2.32. The summed E-state index contributed by atoms with van der Waals surface area (Å²) in [5.74, 6) is 7.08. The number of nitrogens with two attached hydrogens (primary N) is 1. The van der Waals surface area contributed by atoms with Crippen LogP contribution in [0.5, 0.6) is 0 Å². The van der Waals surface area contributed by atoms with Gasteiger partial charge in [0.05, 0.1) is 0 Å². The van der Waals surface area contributed by atoms with Crippen molar-refractivity contribution >= 4 is 5.84 Å². The quantitative estimate of drug-likeness (QED) is 0.284. The smallest absolute Gasteiger partial charge is 0.110 e. The van der Waals surface area contributed by atoms with Gasteiger partial charge in [0.2, 0.25) is 0 Å². The third kappa shape index (κ3) is 2.81. The third-order valence-corrected chi connectivity index (χ3v) is 2.64. The SMILES string of the molecule is CN=C(CC1CCCCC1)NN. The monoisotopic (exact) mass is 169 g/mol. The largest absolute Gasteiger partial charge is 0.312 e. The van der Waals surface area contributed by atoms with Gasteiger partial charge in [-0.2, -0.15) is 0 Å². The van der Waals surface area contributed by atoms with Crippen LogP contribution in [0.3, 0.4) is 0 Å². The van der Waals surface area contributed by atoms with E-state index in [2.05, 4.69) is 10.4 Å². The molecule has 1 rings (SSSR count). The van der Waals surface area contributed by atoms with Crippen LogP contribution in [0, 0.1) is 5.92 Å². The Morgan fingerprint density at radius 2 is 2.08 bits per heavy atom. The van der Waals surface area contributed by atoms with Crippen molar-refractivity contribution in [2.45, 2.75) is 38.5 Å². The van der Waals surface area contributed by atoms with Gasteiger partial charge in [-0.1, -0.05) is 32.1 Å². The van der Waals surface area contributed by atoms with Crippen molar-refractivity contribution in [1.29, 1.82) is 0 Å². The summed E-state index contributed by atoms with van der Waals surface area (Å²) in [4.78, 5) is 4.08. The predicted octanol–water partition coefficient (Wildman–Crippen LogP) is 1.45. The molecule has 0 radical (unpaired) electrons. The second kappa shape index (κ2) is 5.14. The molecule has 3 heteroatoms. The summed E-state index contributed by atoms with van der Waals surface area (Å²) < 4.78 is 0. The van der Waals surface area contributed by atoms with E-state index in [1.54, 1.807) is 7.05 Å². The Bertz CT molecular complexity index is 148. The molecule has 70 valence electrons. The molecule has 1 fully saturated rings. The predicted molar refractivity (Wildman–Crippen MR) is 51.9 cm³/mol.